The van der Waals surface area contributed by atoms with Gasteiger partial charge in [-0.1, -0.05) is 6.42 Å². The second-order valence-electron chi connectivity index (χ2n) is 3.99. The van der Waals surface area contributed by atoms with E-state index < -0.39 is 0 Å². The van der Waals surface area contributed by atoms with Crippen LogP contribution in [0.5, 0.6) is 0 Å². The molecule has 1 unspecified atom stereocenters. The Balaban J connectivity index is 1.97. The molecule has 1 aliphatic rings. The van der Waals surface area contributed by atoms with E-state index >= 15 is 0 Å². The van der Waals surface area contributed by atoms with E-state index in [0.717, 1.165) is 19.5 Å². The van der Waals surface area contributed by atoms with E-state index in [4.69, 9.17) is 10.8 Å². The lowest BCUT2D eigenvalue weighted by atomic mass is 10.1. The lowest BCUT2D eigenvalue weighted by Gasteiger charge is -2.14. The van der Waals surface area contributed by atoms with Gasteiger partial charge in [0.1, 0.15) is 0 Å². The van der Waals surface area contributed by atoms with E-state index in [1.807, 2.05) is 0 Å². The first-order valence-corrected chi connectivity index (χ1v) is 5.40. The first kappa shape index (κ1) is 11.0. The molecule has 1 aliphatic heterocycles. The highest BCUT2D eigenvalue weighted by molar-refractivity contribution is 4.74. The summed E-state index contributed by atoms with van der Waals surface area (Å²) in [5.74, 6) is 0.537. The maximum Gasteiger partial charge on any atom is 0.0471 e. The molecule has 0 spiro atoms. The summed E-state index contributed by atoms with van der Waals surface area (Å²) in [6.07, 6.45) is 4.83. The van der Waals surface area contributed by atoms with Crippen molar-refractivity contribution in [1.29, 1.82) is 0 Å². The van der Waals surface area contributed by atoms with Crippen molar-refractivity contribution in [2.24, 2.45) is 11.7 Å². The van der Waals surface area contributed by atoms with Gasteiger partial charge in [0, 0.05) is 13.2 Å². The largest absolute Gasteiger partial charge is 0.396 e. The van der Waals surface area contributed by atoms with Gasteiger partial charge in [0.2, 0.25) is 0 Å². The summed E-state index contributed by atoms with van der Waals surface area (Å²) < 4.78 is 0. The lowest BCUT2D eigenvalue weighted by Crippen LogP contribution is -2.22. The number of hydrogen-bond donors (Lipinski definition) is 2. The number of unbranched alkanes of at least 4 members (excludes halogenated alkanes) is 2. The zero-order valence-electron chi connectivity index (χ0n) is 8.41. The molecular weight excluding hydrogens is 164 g/mol. The summed E-state index contributed by atoms with van der Waals surface area (Å²) in [4.78, 5) is 2.46. The first-order chi connectivity index (χ1) is 6.36. The van der Waals surface area contributed by atoms with Crippen LogP contribution in [0, 0.1) is 5.92 Å². The number of likely N-dealkylation sites (tertiary alicyclic amines) is 1. The molecule has 1 heterocycles. The molecule has 3 heteroatoms. The Hall–Kier alpha value is -0.120. The van der Waals surface area contributed by atoms with Gasteiger partial charge in [0.25, 0.3) is 0 Å². The van der Waals surface area contributed by atoms with Crippen LogP contribution < -0.4 is 5.73 Å². The Bertz CT molecular complexity index is 130. The number of nitrogens with zero attached hydrogens (tertiary/aromatic N) is 1. The van der Waals surface area contributed by atoms with Crippen LogP contribution in [-0.2, 0) is 0 Å². The molecule has 1 fully saturated rings. The van der Waals surface area contributed by atoms with Crippen molar-refractivity contribution in [1.82, 2.24) is 4.90 Å². The number of aliphatic hydroxyl groups is 1. The van der Waals surface area contributed by atoms with E-state index in [2.05, 4.69) is 4.90 Å². The summed E-state index contributed by atoms with van der Waals surface area (Å²) >= 11 is 0. The smallest absolute Gasteiger partial charge is 0.0471 e. The Kier molecular flexibility index (Phi) is 5.35. The van der Waals surface area contributed by atoms with Crippen LogP contribution in [0.25, 0.3) is 0 Å². The minimum Gasteiger partial charge on any atom is -0.396 e. The second-order valence-corrected chi connectivity index (χ2v) is 3.99. The Morgan fingerprint density at radius 3 is 2.77 bits per heavy atom. The van der Waals surface area contributed by atoms with Gasteiger partial charge in [-0.05, 0) is 44.8 Å². The fourth-order valence-corrected chi connectivity index (χ4v) is 1.92. The van der Waals surface area contributed by atoms with E-state index in [1.165, 1.54) is 32.4 Å². The van der Waals surface area contributed by atoms with Crippen LogP contribution >= 0.6 is 0 Å². The topological polar surface area (TPSA) is 49.5 Å². The average Bonchev–Trinajstić information content (AvgIpc) is 2.60. The summed E-state index contributed by atoms with van der Waals surface area (Å²) in [6, 6.07) is 0. The van der Waals surface area contributed by atoms with Crippen molar-refractivity contribution < 1.29 is 5.11 Å². The second kappa shape index (κ2) is 6.35. The molecule has 78 valence electrons. The summed E-state index contributed by atoms with van der Waals surface area (Å²) in [5.41, 5.74) is 5.42. The summed E-state index contributed by atoms with van der Waals surface area (Å²) in [6.45, 7) is 4.64. The molecule has 3 nitrogen and oxygen atoms in total. The minimum atomic E-state index is 0.360. The van der Waals surface area contributed by atoms with Gasteiger partial charge >= 0.3 is 0 Å². The number of rotatable bonds is 6. The molecule has 0 aromatic carbocycles. The number of nitrogens with two attached hydrogens (primary N) is 1. The van der Waals surface area contributed by atoms with Gasteiger partial charge in [0.05, 0.1) is 0 Å². The highest BCUT2D eigenvalue weighted by Crippen LogP contribution is 2.15. The van der Waals surface area contributed by atoms with Gasteiger partial charge in [-0.3, -0.25) is 0 Å². The van der Waals surface area contributed by atoms with Gasteiger partial charge in [0.15, 0.2) is 0 Å². The zero-order chi connectivity index (χ0) is 9.52. The predicted molar refractivity (Wildman–Crippen MR) is 54.5 cm³/mol. The van der Waals surface area contributed by atoms with Crippen LogP contribution in [0.2, 0.25) is 0 Å². The third kappa shape index (κ3) is 4.07. The van der Waals surface area contributed by atoms with Crippen molar-refractivity contribution in [3.05, 3.63) is 0 Å². The molecule has 3 N–H and O–H groups in total. The van der Waals surface area contributed by atoms with E-state index in [0.29, 0.717) is 12.5 Å². The van der Waals surface area contributed by atoms with Crippen molar-refractivity contribution in [3.63, 3.8) is 0 Å². The third-order valence-electron chi connectivity index (χ3n) is 2.81. The average molecular weight is 186 g/mol. The molecule has 1 rings (SSSR count). The highest BCUT2D eigenvalue weighted by Gasteiger charge is 2.20. The van der Waals surface area contributed by atoms with Crippen molar-refractivity contribution in [2.75, 3.05) is 32.8 Å². The van der Waals surface area contributed by atoms with Crippen LogP contribution in [0.4, 0.5) is 0 Å². The van der Waals surface area contributed by atoms with Crippen molar-refractivity contribution in [2.45, 2.75) is 25.7 Å². The Labute approximate surface area is 80.9 Å². The lowest BCUT2D eigenvalue weighted by molar-refractivity contribution is 0.221. The predicted octanol–water partition coefficient (Wildman–Crippen LogP) is 0.430. The molecule has 1 atom stereocenters. The van der Waals surface area contributed by atoms with Crippen molar-refractivity contribution in [3.8, 4) is 0 Å². The highest BCUT2D eigenvalue weighted by atomic mass is 16.3. The fraction of sp³-hybridized carbons (Fsp3) is 1.00. The quantitative estimate of drug-likeness (QED) is 0.591. The van der Waals surface area contributed by atoms with Crippen LogP contribution in [0.1, 0.15) is 25.7 Å². The molecule has 0 amide bonds. The Morgan fingerprint density at radius 1 is 1.31 bits per heavy atom. The fourth-order valence-electron chi connectivity index (χ4n) is 1.92. The summed E-state index contributed by atoms with van der Waals surface area (Å²) in [7, 11) is 0. The van der Waals surface area contributed by atoms with Crippen LogP contribution in [0.3, 0.4) is 0 Å². The van der Waals surface area contributed by atoms with Crippen LogP contribution in [-0.4, -0.2) is 42.8 Å². The van der Waals surface area contributed by atoms with Gasteiger partial charge in [-0.15, -0.1) is 0 Å². The minimum absolute atomic E-state index is 0.360. The van der Waals surface area contributed by atoms with Gasteiger partial charge in [-0.25, -0.2) is 0 Å². The molecule has 1 saturated heterocycles. The standard InChI is InChI=1S/C10H22N2O/c11-5-2-1-3-6-12-7-4-10(8-12)9-13/h10,13H,1-9,11H2. The van der Waals surface area contributed by atoms with Gasteiger partial charge in [-0.2, -0.15) is 0 Å². The zero-order valence-corrected chi connectivity index (χ0v) is 8.41. The normalized spacial score (nSPS) is 24.0. The molecule has 0 aliphatic carbocycles. The first-order valence-electron chi connectivity index (χ1n) is 5.40. The molecular formula is C10H22N2O. The number of aliphatic hydroxyl groups excluding tert-OH is 1. The van der Waals surface area contributed by atoms with Gasteiger partial charge < -0.3 is 15.7 Å². The molecule has 0 saturated carbocycles. The molecule has 0 aromatic heterocycles. The molecule has 0 aromatic rings. The summed E-state index contributed by atoms with van der Waals surface area (Å²) in [5, 5.41) is 8.95. The number of hydrogen-bond acceptors (Lipinski definition) is 3. The third-order valence-corrected chi connectivity index (χ3v) is 2.81. The van der Waals surface area contributed by atoms with Crippen LogP contribution in [0.15, 0.2) is 0 Å². The van der Waals surface area contributed by atoms with E-state index in [9.17, 15) is 0 Å². The van der Waals surface area contributed by atoms with E-state index in [1.54, 1.807) is 0 Å². The van der Waals surface area contributed by atoms with Crippen molar-refractivity contribution >= 4 is 0 Å². The maximum absolute atomic E-state index is 8.95. The maximum atomic E-state index is 8.95. The SMILES string of the molecule is NCCCCCN1CCC(CO)C1. The molecule has 0 bridgehead atoms. The monoisotopic (exact) mass is 186 g/mol. The molecule has 0 radical (unpaired) electrons. The van der Waals surface area contributed by atoms with E-state index in [-0.39, 0.29) is 0 Å². The molecule has 13 heavy (non-hydrogen) atoms. The Morgan fingerprint density at radius 2 is 2.15 bits per heavy atom.